The lowest BCUT2D eigenvalue weighted by atomic mass is 10.2. The van der Waals surface area contributed by atoms with Crippen molar-refractivity contribution in [2.24, 2.45) is 0 Å². The summed E-state index contributed by atoms with van der Waals surface area (Å²) in [6.07, 6.45) is -1.52. The van der Waals surface area contributed by atoms with Crippen molar-refractivity contribution in [1.29, 1.82) is 0 Å². The van der Waals surface area contributed by atoms with Crippen LogP contribution < -0.4 is 17.2 Å². The smallest absolute Gasteiger partial charge is 0.394 e. The van der Waals surface area contributed by atoms with E-state index in [0.29, 0.717) is 11.2 Å². The third kappa shape index (κ3) is 5.21. The van der Waals surface area contributed by atoms with Crippen molar-refractivity contribution in [2.75, 3.05) is 24.7 Å². The van der Waals surface area contributed by atoms with Crippen LogP contribution in [0, 0.1) is 0 Å². The van der Waals surface area contributed by atoms with Gasteiger partial charge in [0, 0.05) is 19.0 Å². The van der Waals surface area contributed by atoms with Gasteiger partial charge >= 0.3 is 13.5 Å². The molecule has 3 aromatic rings. The Morgan fingerprint density at radius 2 is 1.89 bits per heavy atom. The summed E-state index contributed by atoms with van der Waals surface area (Å²) in [6, 6.07) is 1.39. The zero-order valence-electron chi connectivity index (χ0n) is 19.2. The molecule has 0 amide bonds. The van der Waals surface area contributed by atoms with Crippen LogP contribution in [-0.2, 0) is 23.1 Å². The van der Waals surface area contributed by atoms with Gasteiger partial charge in [0.1, 0.15) is 48.4 Å². The number of fused-ring (bicyclic) bond motifs is 1. The first-order chi connectivity index (χ1) is 17.6. The molecule has 17 nitrogen and oxygen atoms in total. The highest BCUT2D eigenvalue weighted by molar-refractivity contribution is 7.47. The summed E-state index contributed by atoms with van der Waals surface area (Å²) in [4.78, 5) is 38.2. The third-order valence-electron chi connectivity index (χ3n) is 6.09. The van der Waals surface area contributed by atoms with Gasteiger partial charge < -0.3 is 36.0 Å². The van der Waals surface area contributed by atoms with E-state index in [9.17, 15) is 24.5 Å². The normalized spacial score (nSPS) is 29.6. The first-order valence-corrected chi connectivity index (χ1v) is 12.7. The number of aliphatic hydroxyl groups is 2. The lowest BCUT2D eigenvalue weighted by Crippen LogP contribution is -2.29. The highest BCUT2D eigenvalue weighted by atomic mass is 31.2. The molecule has 0 radical (unpaired) electrons. The summed E-state index contributed by atoms with van der Waals surface area (Å²) >= 11 is 0. The van der Waals surface area contributed by atoms with Crippen LogP contribution in [0.2, 0.25) is 0 Å². The summed E-state index contributed by atoms with van der Waals surface area (Å²) in [7, 11) is -4.70. The molecule has 200 valence electrons. The highest BCUT2D eigenvalue weighted by Crippen LogP contribution is 2.49. The van der Waals surface area contributed by atoms with E-state index in [2.05, 4.69) is 19.9 Å². The van der Waals surface area contributed by atoms with Crippen molar-refractivity contribution in [1.82, 2.24) is 29.1 Å². The van der Waals surface area contributed by atoms with E-state index in [1.54, 1.807) is 4.57 Å². The molecule has 3 aromatic heterocycles. The van der Waals surface area contributed by atoms with Crippen LogP contribution in [0.15, 0.2) is 29.7 Å². The van der Waals surface area contributed by atoms with Crippen molar-refractivity contribution in [3.05, 3.63) is 35.4 Å². The van der Waals surface area contributed by atoms with Crippen LogP contribution in [0.4, 0.5) is 11.6 Å². The summed E-state index contributed by atoms with van der Waals surface area (Å²) in [5, 5.41) is 20.1. The van der Waals surface area contributed by atoms with Crippen LogP contribution >= 0.6 is 7.82 Å². The predicted molar refractivity (Wildman–Crippen MR) is 123 cm³/mol. The largest absolute Gasteiger partial charge is 0.472 e. The Kier molecular flexibility index (Phi) is 6.95. The molecule has 7 atom stereocenters. The zero-order chi connectivity index (χ0) is 26.3. The number of hydrogen-bond acceptors (Lipinski definition) is 14. The minimum atomic E-state index is -4.70. The Hall–Kier alpha value is -3.02. The number of nitrogens with two attached hydrogens (primary N) is 2. The molecule has 0 bridgehead atoms. The lowest BCUT2D eigenvalue weighted by molar-refractivity contribution is -0.0564. The molecule has 0 spiro atoms. The average molecular weight is 540 g/mol. The number of phosphoric acid groups is 1. The Labute approximate surface area is 208 Å². The molecule has 7 N–H and O–H groups in total. The molecule has 5 rings (SSSR count). The maximum absolute atomic E-state index is 12.7. The molecule has 37 heavy (non-hydrogen) atoms. The van der Waals surface area contributed by atoms with E-state index >= 15 is 0 Å². The predicted octanol–water partition coefficient (Wildman–Crippen LogP) is -1.32. The van der Waals surface area contributed by atoms with E-state index in [0.717, 1.165) is 4.57 Å². The number of phosphoric ester groups is 1. The number of imidazole rings is 1. The van der Waals surface area contributed by atoms with Gasteiger partial charge in [0.15, 0.2) is 11.5 Å². The lowest BCUT2D eigenvalue weighted by Gasteiger charge is -2.21. The van der Waals surface area contributed by atoms with Crippen molar-refractivity contribution in [3.63, 3.8) is 0 Å². The number of ether oxygens (including phenoxy) is 2. The Morgan fingerprint density at radius 1 is 1.14 bits per heavy atom. The fourth-order valence-electron chi connectivity index (χ4n) is 4.28. The quantitative estimate of drug-likeness (QED) is 0.208. The molecule has 2 fully saturated rings. The fraction of sp³-hybridized carbons (Fsp3) is 0.526. The molecular weight excluding hydrogens is 515 g/mol. The minimum absolute atomic E-state index is 0.0243. The van der Waals surface area contributed by atoms with E-state index in [4.69, 9.17) is 30.0 Å². The van der Waals surface area contributed by atoms with Crippen molar-refractivity contribution in [2.45, 2.75) is 49.7 Å². The van der Waals surface area contributed by atoms with Crippen LogP contribution in [0.25, 0.3) is 11.2 Å². The molecule has 2 aliphatic rings. The Morgan fingerprint density at radius 3 is 2.65 bits per heavy atom. The average Bonchev–Trinajstić information content (AvgIpc) is 3.54. The molecule has 2 saturated heterocycles. The molecule has 0 saturated carbocycles. The number of aliphatic hydroxyl groups excluding tert-OH is 2. The summed E-state index contributed by atoms with van der Waals surface area (Å²) in [6.45, 7) is -1.02. The maximum Gasteiger partial charge on any atom is 0.472 e. The molecule has 1 unspecified atom stereocenters. The standard InChI is InChI=1S/C19H25N8O9P/c20-13-1-2-26(19(30)25-13)15-4-10(11(5-28)34-15)36-37(31,32)33-6-12-9(29)3-14(35-12)27-8-24-16-17(21)22-7-23-18(16)27/h1-2,7-12,14-15,28-29H,3-6H2,(H,31,32)(H2,20,25,30)(H2,21,22,23)/t9-,10+,11-,12+,14-,15+/m1/s1. The molecule has 5 heterocycles. The van der Waals surface area contributed by atoms with Gasteiger partial charge in [-0.05, 0) is 6.07 Å². The summed E-state index contributed by atoms with van der Waals surface area (Å²) in [5.41, 5.74) is 11.4. The second-order valence-electron chi connectivity index (χ2n) is 8.51. The number of nitrogen functional groups attached to an aromatic ring is 2. The van der Waals surface area contributed by atoms with Gasteiger partial charge in [0.2, 0.25) is 0 Å². The minimum Gasteiger partial charge on any atom is -0.394 e. The maximum atomic E-state index is 12.7. The van der Waals surface area contributed by atoms with Crippen LogP contribution in [0.3, 0.4) is 0 Å². The molecule has 18 heteroatoms. The van der Waals surface area contributed by atoms with Crippen LogP contribution in [-0.4, -0.2) is 81.8 Å². The van der Waals surface area contributed by atoms with Crippen molar-refractivity contribution in [3.8, 4) is 0 Å². The van der Waals surface area contributed by atoms with Gasteiger partial charge in [-0.3, -0.25) is 18.2 Å². The fourth-order valence-corrected chi connectivity index (χ4v) is 5.24. The van der Waals surface area contributed by atoms with Gasteiger partial charge in [-0.25, -0.2) is 24.3 Å². The molecule has 2 aliphatic heterocycles. The van der Waals surface area contributed by atoms with E-state index in [1.165, 1.54) is 24.9 Å². The van der Waals surface area contributed by atoms with E-state index < -0.39 is 63.6 Å². The van der Waals surface area contributed by atoms with Crippen LogP contribution in [0.1, 0.15) is 25.3 Å². The monoisotopic (exact) mass is 540 g/mol. The van der Waals surface area contributed by atoms with Crippen LogP contribution in [0.5, 0.6) is 0 Å². The number of rotatable bonds is 8. The van der Waals surface area contributed by atoms with Gasteiger partial charge in [-0.1, -0.05) is 0 Å². The Balaban J connectivity index is 1.20. The van der Waals surface area contributed by atoms with Crippen molar-refractivity contribution < 1.29 is 38.2 Å². The zero-order valence-corrected chi connectivity index (χ0v) is 20.1. The number of nitrogens with zero attached hydrogens (tertiary/aromatic N) is 6. The number of aromatic nitrogens is 6. The van der Waals surface area contributed by atoms with E-state index in [1.807, 2.05) is 0 Å². The van der Waals surface area contributed by atoms with Gasteiger partial charge in [-0.15, -0.1) is 0 Å². The third-order valence-corrected chi connectivity index (χ3v) is 7.11. The first-order valence-electron chi connectivity index (χ1n) is 11.2. The second-order valence-corrected chi connectivity index (χ2v) is 9.92. The topological polar surface area (TPSA) is 245 Å². The first kappa shape index (κ1) is 25.6. The summed E-state index contributed by atoms with van der Waals surface area (Å²) < 4.78 is 37.1. The SMILES string of the molecule is Nc1ccn([C@@H]2C[C@H](OP(=O)(O)OC[C@@H]3O[C@@H](n4cnc5c(N)ncnc54)C[C@H]3O)[C@@H](CO)O2)c(=O)n1. The van der Waals surface area contributed by atoms with Gasteiger partial charge in [-0.2, -0.15) is 4.98 Å². The number of anilines is 2. The Bertz CT molecular complexity index is 1390. The highest BCUT2D eigenvalue weighted by Gasteiger charge is 2.43. The molecular formula is C19H25N8O9P. The van der Waals surface area contributed by atoms with E-state index in [-0.39, 0.29) is 24.5 Å². The second kappa shape index (κ2) is 10.0. The van der Waals surface area contributed by atoms with Crippen molar-refractivity contribution >= 4 is 30.6 Å². The van der Waals surface area contributed by atoms with Gasteiger partial charge in [0.25, 0.3) is 0 Å². The molecule has 0 aliphatic carbocycles. The molecule has 0 aromatic carbocycles. The summed E-state index contributed by atoms with van der Waals surface area (Å²) in [5.74, 6) is 0.216. The number of hydrogen-bond donors (Lipinski definition) is 5. The van der Waals surface area contributed by atoms with Gasteiger partial charge in [0.05, 0.1) is 25.6 Å².